The summed E-state index contributed by atoms with van der Waals surface area (Å²) in [5.74, 6) is -2.36. The predicted octanol–water partition coefficient (Wildman–Crippen LogP) is 2.16. The van der Waals surface area contributed by atoms with Gasteiger partial charge in [0.25, 0.3) is 11.8 Å². The molecule has 232 valence electrons. The number of hydrogen-bond acceptors (Lipinski definition) is 10. The molecule has 0 aliphatic carbocycles. The lowest BCUT2D eigenvalue weighted by molar-refractivity contribution is -0.139. The number of β-amino-alcohol motifs (C(OH)–C–C–N with tert-alkyl or cyclic N) is 2. The van der Waals surface area contributed by atoms with E-state index in [1.807, 2.05) is 18.3 Å². The molecule has 3 aromatic rings. The number of carbonyl (C=O) groups is 3. The topological polar surface area (TPSA) is 183 Å². The monoisotopic (exact) mass is 756 g/mol. The number of hydrogen-bond donors (Lipinski definition) is 5. The first-order chi connectivity index (χ1) is 21.0. The van der Waals surface area contributed by atoms with Crippen LogP contribution in [0.25, 0.3) is 11.0 Å². The Hall–Kier alpha value is -3.17. The summed E-state index contributed by atoms with van der Waals surface area (Å²) in [5, 5.41) is 45.4. The van der Waals surface area contributed by atoms with Gasteiger partial charge in [-0.2, -0.15) is 5.26 Å². The minimum Gasteiger partial charge on any atom is -0.480 e. The third-order valence-corrected chi connectivity index (χ3v) is 9.13. The molecule has 2 aliphatic rings. The van der Waals surface area contributed by atoms with Gasteiger partial charge < -0.3 is 30.0 Å². The van der Waals surface area contributed by atoms with E-state index in [0.717, 1.165) is 5.39 Å². The summed E-state index contributed by atoms with van der Waals surface area (Å²) >= 11 is 14.9. The Morgan fingerprint density at radius 3 is 2.59 bits per heavy atom. The summed E-state index contributed by atoms with van der Waals surface area (Å²) in [4.78, 5) is 41.9. The van der Waals surface area contributed by atoms with Gasteiger partial charge in [0.1, 0.15) is 11.6 Å². The second-order valence-electron chi connectivity index (χ2n) is 10.5. The molecule has 44 heavy (non-hydrogen) atoms. The Labute approximate surface area is 275 Å². The first-order valence-corrected chi connectivity index (χ1v) is 15.2. The van der Waals surface area contributed by atoms with Gasteiger partial charge >= 0.3 is 5.97 Å². The van der Waals surface area contributed by atoms with Crippen LogP contribution < -0.4 is 10.6 Å². The molecule has 5 N–H and O–H groups in total. The molecule has 0 bridgehead atoms. The first kappa shape index (κ1) is 32.2. The highest BCUT2D eigenvalue weighted by atomic mass is 127. The molecule has 5 rings (SSSR count). The van der Waals surface area contributed by atoms with Crippen LogP contribution in [0.4, 0.5) is 0 Å². The zero-order chi connectivity index (χ0) is 31.7. The van der Waals surface area contributed by atoms with Crippen molar-refractivity contribution in [3.8, 4) is 6.19 Å². The fourth-order valence-corrected chi connectivity index (χ4v) is 6.68. The molecule has 3 heterocycles. The minimum atomic E-state index is -1.45. The van der Waals surface area contributed by atoms with Gasteiger partial charge in [-0.15, -0.1) is 0 Å². The SMILES string of the molecule is N#CN(I)C(NC[C@H](NC(=O)c1c(Cl)cc2c(c1Cl)CCN(C(=O)c1ccc3ccoc3c1)C2)C(=O)O)N1C[C@@H](O)[C@H](O)C1. The van der Waals surface area contributed by atoms with Gasteiger partial charge in [-0.1, -0.05) is 29.3 Å². The van der Waals surface area contributed by atoms with Crippen molar-refractivity contribution in [1.82, 2.24) is 23.5 Å². The summed E-state index contributed by atoms with van der Waals surface area (Å²) < 4.78 is 6.59. The molecule has 0 spiro atoms. The molecule has 16 heteroatoms. The Morgan fingerprint density at radius 1 is 1.18 bits per heavy atom. The summed E-state index contributed by atoms with van der Waals surface area (Å²) in [6.45, 7) is 0.329. The molecule has 1 unspecified atom stereocenters. The number of carboxylic acid groups (broad SMARTS) is 1. The van der Waals surface area contributed by atoms with Crippen LogP contribution >= 0.6 is 46.1 Å². The minimum absolute atomic E-state index is 0.00418. The summed E-state index contributed by atoms with van der Waals surface area (Å²) in [7, 11) is 0. The third kappa shape index (κ3) is 6.59. The number of aliphatic hydroxyl groups is 2. The predicted molar refractivity (Wildman–Crippen MR) is 167 cm³/mol. The third-order valence-electron chi connectivity index (χ3n) is 7.67. The first-order valence-electron chi connectivity index (χ1n) is 13.5. The zero-order valence-electron chi connectivity index (χ0n) is 22.9. The number of aliphatic carboxylic acids is 1. The molecule has 0 saturated carbocycles. The quantitative estimate of drug-likeness (QED) is 0.0710. The van der Waals surface area contributed by atoms with E-state index in [2.05, 4.69) is 10.6 Å². The van der Waals surface area contributed by atoms with E-state index in [0.29, 0.717) is 35.2 Å². The van der Waals surface area contributed by atoms with Gasteiger partial charge in [0.05, 0.1) is 56.9 Å². The maximum atomic E-state index is 13.3. The van der Waals surface area contributed by atoms with Crippen LogP contribution in [0.1, 0.15) is 31.8 Å². The van der Waals surface area contributed by atoms with Crippen molar-refractivity contribution in [3.63, 3.8) is 0 Å². The summed E-state index contributed by atoms with van der Waals surface area (Å²) in [6, 6.07) is 7.15. The number of fused-ring (bicyclic) bond motifs is 2. The molecular weight excluding hydrogens is 730 g/mol. The molecule has 0 radical (unpaired) electrons. The average Bonchev–Trinajstić information content (AvgIpc) is 3.60. The lowest BCUT2D eigenvalue weighted by Crippen LogP contribution is -2.56. The van der Waals surface area contributed by atoms with Gasteiger partial charge in [-0.25, -0.2) is 7.91 Å². The van der Waals surface area contributed by atoms with Gasteiger partial charge in [-0.05, 0) is 41.8 Å². The number of carboxylic acids is 1. The van der Waals surface area contributed by atoms with E-state index in [-0.39, 0.29) is 47.7 Å². The molecule has 1 saturated heterocycles. The summed E-state index contributed by atoms with van der Waals surface area (Å²) in [6.07, 6.45) is 0.898. The lowest BCUT2D eigenvalue weighted by Gasteiger charge is -2.32. The fraction of sp³-hybridized carbons (Fsp3) is 0.357. The lowest BCUT2D eigenvalue weighted by atomic mass is 9.96. The molecule has 13 nitrogen and oxygen atoms in total. The standard InChI is InChI=1S/C28H27Cl2IN6O7/c29-18-7-16-10-35(26(41)15-2-1-14-4-6-44-22(14)8-15)5-3-17(16)24(30)23(18)25(40)34-19(27(42)43)9-33-28(37(31)13-32)36-11-20(38)21(39)12-36/h1-2,4,6-8,19-21,28,33,38-39H,3,5,9-12H2,(H,34,40)(H,42,43)/t19-,20+,21+,28?/m0/s1. The van der Waals surface area contributed by atoms with Crippen LogP contribution in [-0.2, 0) is 17.8 Å². The number of nitriles is 1. The van der Waals surface area contributed by atoms with Crippen LogP contribution in [0.2, 0.25) is 10.0 Å². The number of rotatable bonds is 9. The van der Waals surface area contributed by atoms with Gasteiger partial charge in [0, 0.05) is 43.7 Å². The number of furan rings is 1. The van der Waals surface area contributed by atoms with Gasteiger partial charge in [0.15, 0.2) is 12.5 Å². The van der Waals surface area contributed by atoms with Crippen molar-refractivity contribution < 1.29 is 34.1 Å². The molecule has 4 atom stereocenters. The van der Waals surface area contributed by atoms with E-state index in [1.54, 1.807) is 57.1 Å². The Kier molecular flexibility index (Phi) is 9.85. The fourth-order valence-electron chi connectivity index (χ4n) is 5.36. The van der Waals surface area contributed by atoms with Gasteiger partial charge in [0.2, 0.25) is 0 Å². The molecule has 1 aromatic heterocycles. The van der Waals surface area contributed by atoms with Gasteiger partial charge in [-0.3, -0.25) is 19.8 Å². The smallest absolute Gasteiger partial charge is 0.327 e. The Morgan fingerprint density at radius 2 is 1.91 bits per heavy atom. The van der Waals surface area contributed by atoms with E-state index in [4.69, 9.17) is 27.6 Å². The van der Waals surface area contributed by atoms with Crippen molar-refractivity contribution in [2.75, 3.05) is 26.2 Å². The largest absolute Gasteiger partial charge is 0.480 e. The van der Waals surface area contributed by atoms with Crippen molar-refractivity contribution in [2.45, 2.75) is 37.5 Å². The summed E-state index contributed by atoms with van der Waals surface area (Å²) in [5.41, 5.74) is 2.29. The highest BCUT2D eigenvalue weighted by Gasteiger charge is 2.37. The number of halogens is 3. The highest BCUT2D eigenvalue weighted by Crippen LogP contribution is 2.35. The second kappa shape index (κ2) is 13.4. The number of aliphatic hydroxyl groups excluding tert-OH is 2. The van der Waals surface area contributed by atoms with E-state index >= 15 is 0 Å². The number of nitrogens with one attached hydrogen (secondary N) is 2. The van der Waals surface area contributed by atoms with Crippen LogP contribution in [0.5, 0.6) is 0 Å². The van der Waals surface area contributed by atoms with Crippen LogP contribution in [0, 0.1) is 11.5 Å². The normalized spacial score (nSPS) is 19.7. The Bertz CT molecular complexity index is 1640. The molecule has 2 aliphatic heterocycles. The molecule has 2 aromatic carbocycles. The van der Waals surface area contributed by atoms with E-state index in [1.165, 1.54) is 3.11 Å². The van der Waals surface area contributed by atoms with Crippen molar-refractivity contribution >= 4 is 74.8 Å². The molecule has 2 amide bonds. The number of carbonyl (C=O) groups excluding carboxylic acids is 2. The van der Waals surface area contributed by atoms with Crippen LogP contribution in [0.15, 0.2) is 41.0 Å². The number of benzene rings is 2. The Balaban J connectivity index is 1.29. The zero-order valence-corrected chi connectivity index (χ0v) is 26.6. The van der Waals surface area contributed by atoms with Crippen LogP contribution in [0.3, 0.4) is 0 Å². The second-order valence-corrected chi connectivity index (χ2v) is 12.3. The average molecular weight is 757 g/mol. The molecule has 1 fully saturated rings. The maximum Gasteiger partial charge on any atom is 0.327 e. The van der Waals surface area contributed by atoms with Crippen LogP contribution in [-0.4, -0.2) is 96.7 Å². The maximum absolute atomic E-state index is 13.3. The number of nitrogens with zero attached hydrogens (tertiary/aromatic N) is 4. The van der Waals surface area contributed by atoms with Crippen molar-refractivity contribution in [1.29, 1.82) is 5.26 Å². The molecular formula is C28H27Cl2IN6O7. The van der Waals surface area contributed by atoms with Crippen molar-refractivity contribution in [2.24, 2.45) is 0 Å². The highest BCUT2D eigenvalue weighted by molar-refractivity contribution is 14.1. The number of amides is 2. The van der Waals surface area contributed by atoms with Crippen molar-refractivity contribution in [3.05, 3.63) is 68.9 Å². The van der Waals surface area contributed by atoms with E-state index in [9.17, 15) is 35.0 Å². The van der Waals surface area contributed by atoms with E-state index < -0.39 is 36.4 Å². The number of likely N-dealkylation sites (tertiary alicyclic amines) is 1.